The first-order chi connectivity index (χ1) is 6.44. The summed E-state index contributed by atoms with van der Waals surface area (Å²) < 4.78 is 22.6. The number of rotatable bonds is 2. The molecule has 0 saturated heterocycles. The second kappa shape index (κ2) is 3.12. The maximum Gasteiger partial charge on any atom is 0.184 e. The lowest BCUT2D eigenvalue weighted by atomic mass is 10.4. The van der Waals surface area contributed by atoms with Crippen LogP contribution in [0.2, 0.25) is 0 Å². The van der Waals surface area contributed by atoms with E-state index in [0.717, 1.165) is 0 Å². The lowest BCUT2D eigenvalue weighted by Crippen LogP contribution is -2.12. The Kier molecular flexibility index (Phi) is 2.29. The van der Waals surface area contributed by atoms with E-state index in [1.54, 1.807) is 30.3 Å². The molecule has 0 bridgehead atoms. The van der Waals surface area contributed by atoms with Crippen LogP contribution >= 0.6 is 23.2 Å². The molecule has 1 fully saturated rings. The van der Waals surface area contributed by atoms with E-state index in [0.29, 0.717) is 6.42 Å². The summed E-state index contributed by atoms with van der Waals surface area (Å²) in [5, 5.41) is -0.652. The predicted octanol–water partition coefficient (Wildman–Crippen LogP) is 2.41. The van der Waals surface area contributed by atoms with Crippen LogP contribution in [-0.2, 0) is 9.84 Å². The molecule has 2 nitrogen and oxygen atoms in total. The van der Waals surface area contributed by atoms with E-state index in [1.165, 1.54) is 0 Å². The molecule has 2 rings (SSSR count). The number of hydrogen-bond donors (Lipinski definition) is 0. The molecule has 1 atom stereocenters. The highest BCUT2D eigenvalue weighted by molar-refractivity contribution is 7.92. The Labute approximate surface area is 92.8 Å². The number of hydrogen-bond acceptors (Lipinski definition) is 2. The minimum absolute atomic E-state index is 0.285. The predicted molar refractivity (Wildman–Crippen MR) is 56.5 cm³/mol. The Morgan fingerprint density at radius 1 is 1.21 bits per heavy atom. The quantitative estimate of drug-likeness (QED) is 0.756. The van der Waals surface area contributed by atoms with Crippen LogP contribution in [0.3, 0.4) is 0 Å². The van der Waals surface area contributed by atoms with Crippen LogP contribution in [0, 0.1) is 0 Å². The highest BCUT2D eigenvalue weighted by atomic mass is 35.5. The molecule has 0 aromatic heterocycles. The summed E-state index contributed by atoms with van der Waals surface area (Å²) in [4.78, 5) is 0.285. The van der Waals surface area contributed by atoms with Gasteiger partial charge in [0.25, 0.3) is 0 Å². The molecule has 0 unspecified atom stereocenters. The topological polar surface area (TPSA) is 34.1 Å². The molecule has 1 aliphatic carbocycles. The van der Waals surface area contributed by atoms with Crippen molar-refractivity contribution in [3.8, 4) is 0 Å². The van der Waals surface area contributed by atoms with E-state index in [-0.39, 0.29) is 4.90 Å². The average Bonchev–Trinajstić information content (AvgIpc) is 2.78. The third-order valence-corrected chi connectivity index (χ3v) is 5.56. The van der Waals surface area contributed by atoms with E-state index in [2.05, 4.69) is 0 Å². The molecule has 0 aliphatic heterocycles. The zero-order chi connectivity index (χ0) is 10.4. The SMILES string of the molecule is O=S(=O)(c1ccccc1)[C@@H]1CC1(Cl)Cl. The molecule has 1 saturated carbocycles. The average molecular weight is 251 g/mol. The number of benzene rings is 1. The molecule has 14 heavy (non-hydrogen) atoms. The largest absolute Gasteiger partial charge is 0.223 e. The van der Waals surface area contributed by atoms with Gasteiger partial charge in [0.1, 0.15) is 9.58 Å². The van der Waals surface area contributed by atoms with Crippen molar-refractivity contribution in [2.24, 2.45) is 0 Å². The first kappa shape index (κ1) is 10.3. The Bertz CT molecular complexity index is 439. The van der Waals surface area contributed by atoms with Gasteiger partial charge < -0.3 is 0 Å². The van der Waals surface area contributed by atoms with Crippen molar-refractivity contribution in [2.45, 2.75) is 20.9 Å². The van der Waals surface area contributed by atoms with Crippen LogP contribution in [0.5, 0.6) is 0 Å². The van der Waals surface area contributed by atoms with Crippen LogP contribution in [0.25, 0.3) is 0 Å². The Hall–Kier alpha value is -0.250. The summed E-state index contributed by atoms with van der Waals surface area (Å²) in [6.45, 7) is 0. The Balaban J connectivity index is 2.37. The summed E-state index contributed by atoms with van der Waals surface area (Å²) in [5.41, 5.74) is 0. The summed E-state index contributed by atoms with van der Waals surface area (Å²) in [6, 6.07) is 8.23. The molecule has 1 aromatic rings. The standard InChI is InChI=1S/C9H8Cl2O2S/c10-9(11)6-8(9)14(12,13)7-4-2-1-3-5-7/h1-5,8H,6H2/t8-/m1/s1. The van der Waals surface area contributed by atoms with E-state index < -0.39 is 19.4 Å². The maximum atomic E-state index is 11.8. The first-order valence-corrected chi connectivity index (χ1v) is 6.41. The zero-order valence-electron chi connectivity index (χ0n) is 7.15. The second-order valence-corrected chi connectivity index (χ2v) is 6.98. The van der Waals surface area contributed by atoms with Crippen LogP contribution in [0.1, 0.15) is 6.42 Å². The van der Waals surface area contributed by atoms with Gasteiger partial charge in [-0.05, 0) is 12.1 Å². The molecule has 1 aromatic carbocycles. The highest BCUT2D eigenvalue weighted by Gasteiger charge is 2.59. The number of halogens is 2. The van der Waals surface area contributed by atoms with Crippen LogP contribution in [0.15, 0.2) is 35.2 Å². The molecule has 76 valence electrons. The fourth-order valence-corrected chi connectivity index (χ4v) is 4.30. The normalized spacial score (nSPS) is 24.6. The minimum Gasteiger partial charge on any atom is -0.223 e. The number of alkyl halides is 2. The van der Waals surface area contributed by atoms with E-state index >= 15 is 0 Å². The smallest absolute Gasteiger partial charge is 0.184 e. The minimum atomic E-state index is -3.34. The maximum absolute atomic E-state index is 11.8. The third-order valence-electron chi connectivity index (χ3n) is 2.21. The molecule has 0 spiro atoms. The third kappa shape index (κ3) is 1.64. The van der Waals surface area contributed by atoms with Gasteiger partial charge in [-0.25, -0.2) is 8.42 Å². The fraction of sp³-hybridized carbons (Fsp3) is 0.333. The van der Waals surface area contributed by atoms with Crippen LogP contribution in [-0.4, -0.2) is 18.0 Å². The fourth-order valence-electron chi connectivity index (χ4n) is 1.30. The monoisotopic (exact) mass is 250 g/mol. The lowest BCUT2D eigenvalue weighted by Gasteiger charge is -2.03. The summed E-state index contributed by atoms with van der Waals surface area (Å²) in [6.07, 6.45) is 0.313. The molecule has 0 radical (unpaired) electrons. The van der Waals surface area contributed by atoms with E-state index in [9.17, 15) is 8.42 Å². The van der Waals surface area contributed by atoms with Crippen molar-refractivity contribution in [1.82, 2.24) is 0 Å². The van der Waals surface area contributed by atoms with Gasteiger partial charge in [-0.2, -0.15) is 0 Å². The molecular formula is C9H8Cl2O2S. The van der Waals surface area contributed by atoms with Gasteiger partial charge >= 0.3 is 0 Å². The zero-order valence-corrected chi connectivity index (χ0v) is 9.48. The van der Waals surface area contributed by atoms with Gasteiger partial charge in [0.05, 0.1) is 4.90 Å². The van der Waals surface area contributed by atoms with Gasteiger partial charge in [-0.3, -0.25) is 0 Å². The van der Waals surface area contributed by atoms with E-state index in [4.69, 9.17) is 23.2 Å². The number of sulfone groups is 1. The van der Waals surface area contributed by atoms with Gasteiger partial charge in [-0.15, -0.1) is 23.2 Å². The van der Waals surface area contributed by atoms with Crippen molar-refractivity contribution < 1.29 is 8.42 Å². The van der Waals surface area contributed by atoms with Crippen LogP contribution in [0.4, 0.5) is 0 Å². The molecule has 0 N–H and O–H groups in total. The summed E-state index contributed by atoms with van der Waals surface area (Å²) >= 11 is 11.5. The first-order valence-electron chi connectivity index (χ1n) is 4.11. The van der Waals surface area contributed by atoms with Gasteiger partial charge in [0.2, 0.25) is 0 Å². The molecule has 1 aliphatic rings. The molecular weight excluding hydrogens is 243 g/mol. The van der Waals surface area contributed by atoms with E-state index in [1.807, 2.05) is 0 Å². The van der Waals surface area contributed by atoms with Crippen molar-refractivity contribution in [3.05, 3.63) is 30.3 Å². The van der Waals surface area contributed by atoms with Crippen LogP contribution < -0.4 is 0 Å². The van der Waals surface area contributed by atoms with Gasteiger partial charge in [0.15, 0.2) is 9.84 Å². The molecule has 0 amide bonds. The summed E-state index contributed by atoms with van der Waals surface area (Å²) in [7, 11) is -3.34. The molecule has 0 heterocycles. The van der Waals surface area contributed by atoms with Crippen molar-refractivity contribution in [3.63, 3.8) is 0 Å². The molecule has 5 heteroatoms. The highest BCUT2D eigenvalue weighted by Crippen LogP contribution is 2.52. The second-order valence-electron chi connectivity index (χ2n) is 3.31. The Morgan fingerprint density at radius 2 is 1.71 bits per heavy atom. The van der Waals surface area contributed by atoms with Crippen molar-refractivity contribution in [2.75, 3.05) is 0 Å². The summed E-state index contributed by atoms with van der Waals surface area (Å²) in [5.74, 6) is 0. The van der Waals surface area contributed by atoms with Crippen molar-refractivity contribution >= 4 is 33.0 Å². The van der Waals surface area contributed by atoms with Gasteiger partial charge in [-0.1, -0.05) is 18.2 Å². The van der Waals surface area contributed by atoms with Crippen molar-refractivity contribution in [1.29, 1.82) is 0 Å². The lowest BCUT2D eigenvalue weighted by molar-refractivity contribution is 0.594. The Morgan fingerprint density at radius 3 is 2.14 bits per heavy atom. The van der Waals surface area contributed by atoms with Gasteiger partial charge in [0, 0.05) is 6.42 Å².